The molecule has 2 saturated heterocycles. The average molecular weight is 889 g/mol. The van der Waals surface area contributed by atoms with Gasteiger partial charge in [0, 0.05) is 50.0 Å². The number of carbonyl (C=O) groups excluding carboxylic acids is 4. The maximum absolute atomic E-state index is 14.4. The Bertz CT molecular complexity index is 1770. The van der Waals surface area contributed by atoms with Crippen LogP contribution in [0.1, 0.15) is 112 Å². The van der Waals surface area contributed by atoms with Crippen molar-refractivity contribution in [3.8, 4) is 5.75 Å². The molecule has 0 spiro atoms. The van der Waals surface area contributed by atoms with Gasteiger partial charge in [-0.3, -0.25) is 14.4 Å². The fraction of sp³-hybridized carbons (Fsp3) is 0.708. The number of Topliss-reactive ketones (excluding diaryl/α,β-unsaturated/α-hetero) is 2. The first-order chi connectivity index (χ1) is 29.4. The van der Waals surface area contributed by atoms with Crippen LogP contribution >= 0.6 is 11.6 Å². The zero-order valence-electron chi connectivity index (χ0n) is 37.8. The number of ketones is 2. The largest absolute Gasteiger partial charge is 0.488 e. The Morgan fingerprint density at radius 1 is 0.919 bits per heavy atom. The van der Waals surface area contributed by atoms with Crippen LogP contribution in [0, 0.1) is 29.6 Å². The second kappa shape index (κ2) is 22.1. The molecule has 1 saturated carbocycles. The minimum absolute atomic E-state index is 0.0221. The summed E-state index contributed by atoms with van der Waals surface area (Å²) in [6, 6.07) is 5.77. The molecule has 0 aromatic heterocycles. The van der Waals surface area contributed by atoms with Crippen LogP contribution in [0.5, 0.6) is 5.75 Å². The summed E-state index contributed by atoms with van der Waals surface area (Å²) in [5.41, 5.74) is 1.62. The van der Waals surface area contributed by atoms with Crippen LogP contribution in [0.25, 0.3) is 0 Å². The molecule has 14 unspecified atom stereocenters. The molecule has 3 fully saturated rings. The third kappa shape index (κ3) is 11.9. The maximum atomic E-state index is 14.4. The lowest BCUT2D eigenvalue weighted by molar-refractivity contribution is -0.302. The summed E-state index contributed by atoms with van der Waals surface area (Å²) in [4.78, 5) is 58.2. The standard InChI is InChI=1S/C48H70ClNO12/c1-9-33-21-27(2)20-28(3)22-41(58-7)44-42(59-8)24-30(5)48(57,62-44)45(54)46(55)50-19-11-10-12-36(50)47(56)61-43(31(6)38(52)26-39(33)53)29(4)23-32-13-18-37(51)40(25-32)60-35-16-14-34(49)15-17-35/h14-17,21,23,28,30-33,36-38,40-44,51-52,57H,9-13,18-20,22,24-26H2,1-8H3. The van der Waals surface area contributed by atoms with Gasteiger partial charge in [0.1, 0.15) is 35.9 Å². The molecule has 1 aliphatic carbocycles. The van der Waals surface area contributed by atoms with Crippen molar-refractivity contribution in [2.24, 2.45) is 29.6 Å². The van der Waals surface area contributed by atoms with E-state index in [2.05, 4.69) is 0 Å². The molecule has 5 rings (SSSR count). The summed E-state index contributed by atoms with van der Waals surface area (Å²) in [7, 11) is 3.06. The summed E-state index contributed by atoms with van der Waals surface area (Å²) in [6.45, 7) is 11.2. The zero-order valence-corrected chi connectivity index (χ0v) is 38.6. The van der Waals surface area contributed by atoms with Gasteiger partial charge in [-0.25, -0.2) is 4.79 Å². The maximum Gasteiger partial charge on any atom is 0.329 e. The number of nitrogens with zero attached hydrogens (tertiary/aromatic N) is 1. The van der Waals surface area contributed by atoms with Gasteiger partial charge in [0.15, 0.2) is 0 Å². The van der Waals surface area contributed by atoms with Gasteiger partial charge in [-0.2, -0.15) is 0 Å². The molecule has 14 atom stereocenters. The highest BCUT2D eigenvalue weighted by Crippen LogP contribution is 2.39. The van der Waals surface area contributed by atoms with Crippen molar-refractivity contribution in [3.63, 3.8) is 0 Å². The van der Waals surface area contributed by atoms with Crippen LogP contribution in [-0.2, 0) is 38.1 Å². The lowest BCUT2D eigenvalue weighted by Gasteiger charge is -2.47. The Kier molecular flexibility index (Phi) is 17.8. The van der Waals surface area contributed by atoms with E-state index in [1.807, 2.05) is 39.8 Å². The minimum Gasteiger partial charge on any atom is -0.488 e. The monoisotopic (exact) mass is 887 g/mol. The van der Waals surface area contributed by atoms with Crippen molar-refractivity contribution in [1.29, 1.82) is 0 Å². The molecule has 3 aliphatic heterocycles. The Morgan fingerprint density at radius 2 is 1.60 bits per heavy atom. The van der Waals surface area contributed by atoms with E-state index in [0.29, 0.717) is 67.7 Å². The first kappa shape index (κ1) is 49.8. The smallest absolute Gasteiger partial charge is 0.329 e. The Labute approximate surface area is 372 Å². The van der Waals surface area contributed by atoms with Crippen molar-refractivity contribution < 1.29 is 58.2 Å². The van der Waals surface area contributed by atoms with E-state index in [0.717, 1.165) is 5.57 Å². The summed E-state index contributed by atoms with van der Waals surface area (Å²) in [5, 5.41) is 35.3. The molecular formula is C48H70ClNO12. The number of hydrogen-bond donors (Lipinski definition) is 3. The van der Waals surface area contributed by atoms with Gasteiger partial charge in [0.05, 0.1) is 24.4 Å². The fourth-order valence-electron chi connectivity index (χ4n) is 9.95. The number of cyclic esters (lactones) is 1. The van der Waals surface area contributed by atoms with E-state index >= 15 is 0 Å². The number of allylic oxidation sites excluding steroid dienone is 3. The topological polar surface area (TPSA) is 178 Å². The molecule has 2 bridgehead atoms. The van der Waals surface area contributed by atoms with E-state index in [1.54, 1.807) is 38.1 Å². The number of esters is 1. The second-order valence-electron chi connectivity index (χ2n) is 18.5. The normalized spacial score (nSPS) is 37.7. The van der Waals surface area contributed by atoms with Gasteiger partial charge in [0.2, 0.25) is 5.79 Å². The van der Waals surface area contributed by atoms with Crippen LogP contribution < -0.4 is 4.74 Å². The molecule has 1 amide bonds. The number of amides is 1. The summed E-state index contributed by atoms with van der Waals surface area (Å²) in [5.74, 6) is -7.18. The lowest BCUT2D eigenvalue weighted by atomic mass is 9.81. The molecule has 1 aromatic carbocycles. The highest BCUT2D eigenvalue weighted by Gasteiger charge is 2.56. The number of benzene rings is 1. The average Bonchev–Trinajstić information content (AvgIpc) is 3.25. The predicted molar refractivity (Wildman–Crippen MR) is 233 cm³/mol. The fourth-order valence-corrected chi connectivity index (χ4v) is 10.1. The minimum atomic E-state index is -2.52. The third-order valence-corrected chi connectivity index (χ3v) is 13.9. The highest BCUT2D eigenvalue weighted by molar-refractivity contribution is 6.39. The number of carbonyl (C=O) groups is 4. The molecule has 4 aliphatic rings. The lowest BCUT2D eigenvalue weighted by Crippen LogP contribution is -2.64. The van der Waals surface area contributed by atoms with Crippen molar-refractivity contribution in [2.75, 3.05) is 20.8 Å². The molecule has 14 heteroatoms. The molecule has 3 N–H and O–H groups in total. The molecular weight excluding hydrogens is 818 g/mol. The van der Waals surface area contributed by atoms with Crippen molar-refractivity contribution in [3.05, 3.63) is 52.6 Å². The number of ether oxygens (including phenoxy) is 5. The van der Waals surface area contributed by atoms with Crippen LogP contribution in [0.3, 0.4) is 0 Å². The number of piperidine rings is 1. The van der Waals surface area contributed by atoms with E-state index < -0.39 is 90.0 Å². The van der Waals surface area contributed by atoms with Crippen LogP contribution in [0.4, 0.5) is 0 Å². The van der Waals surface area contributed by atoms with Crippen LogP contribution in [-0.4, -0.2) is 119 Å². The molecule has 0 radical (unpaired) electrons. The number of halogens is 1. The third-order valence-electron chi connectivity index (χ3n) is 13.7. The Morgan fingerprint density at radius 3 is 2.26 bits per heavy atom. The number of methoxy groups -OCH3 is 2. The summed E-state index contributed by atoms with van der Waals surface area (Å²) >= 11 is 6.07. The van der Waals surface area contributed by atoms with Crippen molar-refractivity contribution in [1.82, 2.24) is 4.90 Å². The number of aliphatic hydroxyl groups is 3. The molecule has 62 heavy (non-hydrogen) atoms. The van der Waals surface area contributed by atoms with Gasteiger partial charge in [-0.05, 0) is 120 Å². The first-order valence-corrected chi connectivity index (χ1v) is 23.0. The van der Waals surface area contributed by atoms with Crippen LogP contribution in [0.2, 0.25) is 5.02 Å². The number of fused-ring (bicyclic) bond motifs is 3. The molecule has 3 heterocycles. The number of hydrogen-bond acceptors (Lipinski definition) is 12. The SMILES string of the molecule is CCC1C=C(C)CC(C)CC(OC)C2OC(O)(C(=O)C(=O)N3CCCCC3C(=O)OC(C(C)=CC3CCC(O)C(Oc4ccc(Cl)cc4)C3)C(C)C(O)CC1=O)C(C)CC2OC. The number of aliphatic hydroxyl groups excluding tert-OH is 2. The van der Waals surface area contributed by atoms with Gasteiger partial charge in [0.25, 0.3) is 11.7 Å². The molecule has 346 valence electrons. The predicted octanol–water partition coefficient (Wildman–Crippen LogP) is 6.56. The highest BCUT2D eigenvalue weighted by atomic mass is 35.5. The van der Waals surface area contributed by atoms with Gasteiger partial charge >= 0.3 is 5.97 Å². The van der Waals surface area contributed by atoms with E-state index in [1.165, 1.54) is 19.1 Å². The Balaban J connectivity index is 1.50. The van der Waals surface area contributed by atoms with E-state index in [4.69, 9.17) is 35.3 Å². The summed E-state index contributed by atoms with van der Waals surface area (Å²) in [6.07, 6.45) is 2.97. The first-order valence-electron chi connectivity index (χ1n) is 22.6. The number of rotatable bonds is 7. The van der Waals surface area contributed by atoms with E-state index in [9.17, 15) is 34.5 Å². The zero-order chi connectivity index (χ0) is 45.5. The van der Waals surface area contributed by atoms with Gasteiger partial charge in [-0.15, -0.1) is 0 Å². The van der Waals surface area contributed by atoms with E-state index in [-0.39, 0.29) is 43.4 Å². The molecule has 1 aromatic rings. The van der Waals surface area contributed by atoms with Crippen molar-refractivity contribution in [2.45, 2.75) is 167 Å². The molecule has 13 nitrogen and oxygen atoms in total. The summed E-state index contributed by atoms with van der Waals surface area (Å²) < 4.78 is 30.5. The Hall–Kier alpha value is -3.17. The van der Waals surface area contributed by atoms with Crippen molar-refractivity contribution >= 4 is 35.0 Å². The van der Waals surface area contributed by atoms with Gasteiger partial charge < -0.3 is 43.9 Å². The van der Waals surface area contributed by atoms with Gasteiger partial charge in [-0.1, -0.05) is 57.0 Å². The quantitative estimate of drug-likeness (QED) is 0.153. The van der Waals surface area contributed by atoms with Crippen LogP contribution in [0.15, 0.2) is 47.6 Å². The second-order valence-corrected chi connectivity index (χ2v) is 18.9.